The summed E-state index contributed by atoms with van der Waals surface area (Å²) in [6, 6.07) is 18.3. The van der Waals surface area contributed by atoms with Crippen LogP contribution < -0.4 is 10.6 Å². The standard InChI is InChI=1S/C14H13IN2S/c15-12-6-8-13(9-7-12)17-14(18)16-10-11-4-2-1-3-5-11/h1-9H,10H2,(H2,16,17,18). The van der Waals surface area contributed by atoms with Gasteiger partial charge in [-0.1, -0.05) is 30.3 Å². The molecule has 0 aliphatic rings. The first-order valence-corrected chi connectivity index (χ1v) is 7.07. The van der Waals surface area contributed by atoms with Crippen LogP contribution in [0.2, 0.25) is 0 Å². The zero-order chi connectivity index (χ0) is 12.8. The van der Waals surface area contributed by atoms with Gasteiger partial charge in [-0.05, 0) is 64.6 Å². The molecular weight excluding hydrogens is 355 g/mol. The molecule has 4 heteroatoms. The zero-order valence-electron chi connectivity index (χ0n) is 9.69. The van der Waals surface area contributed by atoms with Crippen LogP contribution in [0.25, 0.3) is 0 Å². The first kappa shape index (κ1) is 13.3. The largest absolute Gasteiger partial charge is 0.358 e. The third-order valence-electron chi connectivity index (χ3n) is 2.40. The van der Waals surface area contributed by atoms with E-state index in [4.69, 9.17) is 12.2 Å². The third-order valence-corrected chi connectivity index (χ3v) is 3.36. The van der Waals surface area contributed by atoms with Crippen LogP contribution >= 0.6 is 34.8 Å². The van der Waals surface area contributed by atoms with E-state index in [0.29, 0.717) is 5.11 Å². The fraction of sp³-hybridized carbons (Fsp3) is 0.0714. The third kappa shape index (κ3) is 4.27. The molecule has 2 aromatic carbocycles. The Morgan fingerprint density at radius 2 is 1.67 bits per heavy atom. The van der Waals surface area contributed by atoms with Gasteiger partial charge in [0.15, 0.2) is 5.11 Å². The lowest BCUT2D eigenvalue weighted by Gasteiger charge is -2.10. The van der Waals surface area contributed by atoms with E-state index in [0.717, 1.165) is 12.2 Å². The molecule has 0 heterocycles. The molecule has 0 saturated carbocycles. The Balaban J connectivity index is 1.84. The molecule has 2 rings (SSSR count). The summed E-state index contributed by atoms with van der Waals surface area (Å²) < 4.78 is 1.21. The van der Waals surface area contributed by atoms with Crippen molar-refractivity contribution in [2.24, 2.45) is 0 Å². The Bertz CT molecular complexity index is 511. The van der Waals surface area contributed by atoms with Gasteiger partial charge in [-0.3, -0.25) is 0 Å². The molecule has 0 aliphatic carbocycles. The lowest BCUT2D eigenvalue weighted by Crippen LogP contribution is -2.27. The van der Waals surface area contributed by atoms with E-state index in [9.17, 15) is 0 Å². The van der Waals surface area contributed by atoms with Crippen molar-refractivity contribution in [3.8, 4) is 0 Å². The molecule has 2 nitrogen and oxygen atoms in total. The second-order valence-corrected chi connectivity index (χ2v) is 5.45. The number of hydrogen-bond acceptors (Lipinski definition) is 1. The summed E-state index contributed by atoms with van der Waals surface area (Å²) in [5.41, 5.74) is 2.21. The average Bonchev–Trinajstić information content (AvgIpc) is 2.40. The van der Waals surface area contributed by atoms with E-state index in [1.807, 2.05) is 42.5 Å². The van der Waals surface area contributed by atoms with Crippen LogP contribution in [0, 0.1) is 3.57 Å². The highest BCUT2D eigenvalue weighted by Crippen LogP contribution is 2.10. The Morgan fingerprint density at radius 1 is 1.00 bits per heavy atom. The zero-order valence-corrected chi connectivity index (χ0v) is 12.7. The molecule has 0 saturated heterocycles. The van der Waals surface area contributed by atoms with E-state index in [1.165, 1.54) is 9.13 Å². The molecular formula is C14H13IN2S. The van der Waals surface area contributed by atoms with Gasteiger partial charge in [-0.15, -0.1) is 0 Å². The van der Waals surface area contributed by atoms with Crippen molar-refractivity contribution < 1.29 is 0 Å². The van der Waals surface area contributed by atoms with Crippen molar-refractivity contribution in [1.29, 1.82) is 0 Å². The van der Waals surface area contributed by atoms with Crippen LogP contribution in [-0.2, 0) is 6.54 Å². The van der Waals surface area contributed by atoms with Crippen molar-refractivity contribution in [2.45, 2.75) is 6.54 Å². The lowest BCUT2D eigenvalue weighted by molar-refractivity contribution is 0.926. The van der Waals surface area contributed by atoms with Crippen LogP contribution in [0.15, 0.2) is 54.6 Å². The fourth-order valence-electron chi connectivity index (χ4n) is 1.49. The fourth-order valence-corrected chi connectivity index (χ4v) is 2.04. The molecule has 2 aromatic rings. The Hall–Kier alpha value is -1.14. The molecule has 0 unspecified atom stereocenters. The van der Waals surface area contributed by atoms with Crippen molar-refractivity contribution in [3.05, 3.63) is 63.7 Å². The van der Waals surface area contributed by atoms with Crippen LogP contribution in [-0.4, -0.2) is 5.11 Å². The number of anilines is 1. The highest BCUT2D eigenvalue weighted by atomic mass is 127. The van der Waals surface area contributed by atoms with Gasteiger partial charge >= 0.3 is 0 Å². The highest BCUT2D eigenvalue weighted by molar-refractivity contribution is 14.1. The van der Waals surface area contributed by atoms with Gasteiger partial charge in [0.05, 0.1) is 0 Å². The molecule has 18 heavy (non-hydrogen) atoms. The summed E-state index contributed by atoms with van der Waals surface area (Å²) in [5, 5.41) is 6.98. The van der Waals surface area contributed by atoms with E-state index < -0.39 is 0 Å². The van der Waals surface area contributed by atoms with Crippen molar-refractivity contribution >= 4 is 45.6 Å². The normalized spacial score (nSPS) is 9.83. The molecule has 0 aromatic heterocycles. The number of rotatable bonds is 3. The van der Waals surface area contributed by atoms with Gasteiger partial charge in [0.1, 0.15) is 0 Å². The highest BCUT2D eigenvalue weighted by Gasteiger charge is 1.97. The minimum absolute atomic E-state index is 0.639. The summed E-state index contributed by atoms with van der Waals surface area (Å²) >= 11 is 7.52. The molecule has 0 bridgehead atoms. The quantitative estimate of drug-likeness (QED) is 0.637. The second kappa shape index (κ2) is 6.70. The minimum Gasteiger partial charge on any atom is -0.358 e. The van der Waals surface area contributed by atoms with Gasteiger partial charge in [0, 0.05) is 15.8 Å². The van der Waals surface area contributed by atoms with Gasteiger partial charge in [0.2, 0.25) is 0 Å². The second-order valence-electron chi connectivity index (χ2n) is 3.80. The Morgan fingerprint density at radius 3 is 2.33 bits per heavy atom. The topological polar surface area (TPSA) is 24.1 Å². The summed E-state index contributed by atoms with van der Waals surface area (Å²) in [4.78, 5) is 0. The molecule has 2 N–H and O–H groups in total. The summed E-state index contributed by atoms with van der Waals surface area (Å²) in [6.45, 7) is 0.733. The number of thiocarbonyl (C=S) groups is 1. The van der Waals surface area contributed by atoms with E-state index >= 15 is 0 Å². The van der Waals surface area contributed by atoms with Crippen molar-refractivity contribution in [3.63, 3.8) is 0 Å². The van der Waals surface area contributed by atoms with Crippen molar-refractivity contribution in [2.75, 3.05) is 5.32 Å². The maximum Gasteiger partial charge on any atom is 0.171 e. The first-order chi connectivity index (χ1) is 8.74. The van der Waals surface area contributed by atoms with Gasteiger partial charge in [0.25, 0.3) is 0 Å². The first-order valence-electron chi connectivity index (χ1n) is 5.58. The maximum absolute atomic E-state index is 5.24. The molecule has 0 aliphatic heterocycles. The van der Waals surface area contributed by atoms with Gasteiger partial charge < -0.3 is 10.6 Å². The van der Waals surface area contributed by atoms with Crippen molar-refractivity contribution in [1.82, 2.24) is 5.32 Å². The smallest absolute Gasteiger partial charge is 0.171 e. The molecule has 0 spiro atoms. The van der Waals surface area contributed by atoms with Crippen LogP contribution in [0.5, 0.6) is 0 Å². The SMILES string of the molecule is S=C(NCc1ccccc1)Nc1ccc(I)cc1. The predicted molar refractivity (Wildman–Crippen MR) is 88.7 cm³/mol. The molecule has 0 atom stereocenters. The molecule has 0 amide bonds. The average molecular weight is 368 g/mol. The van der Waals surface area contributed by atoms with E-state index in [-0.39, 0.29) is 0 Å². The maximum atomic E-state index is 5.24. The number of halogens is 1. The van der Waals surface area contributed by atoms with Crippen LogP contribution in [0.1, 0.15) is 5.56 Å². The number of hydrogen-bond donors (Lipinski definition) is 2. The Kier molecular flexibility index (Phi) is 4.95. The Labute approximate surface area is 126 Å². The van der Waals surface area contributed by atoms with E-state index in [1.54, 1.807) is 0 Å². The van der Waals surface area contributed by atoms with Crippen LogP contribution in [0.4, 0.5) is 5.69 Å². The molecule has 0 radical (unpaired) electrons. The van der Waals surface area contributed by atoms with Gasteiger partial charge in [-0.25, -0.2) is 0 Å². The predicted octanol–water partition coefficient (Wildman–Crippen LogP) is 3.78. The minimum atomic E-state index is 0.639. The number of benzene rings is 2. The lowest BCUT2D eigenvalue weighted by atomic mass is 10.2. The molecule has 92 valence electrons. The summed E-state index contributed by atoms with van der Waals surface area (Å²) in [6.07, 6.45) is 0. The number of nitrogens with one attached hydrogen (secondary N) is 2. The monoisotopic (exact) mass is 368 g/mol. The van der Waals surface area contributed by atoms with Crippen LogP contribution in [0.3, 0.4) is 0 Å². The van der Waals surface area contributed by atoms with E-state index in [2.05, 4.69) is 45.4 Å². The summed E-state index contributed by atoms with van der Waals surface area (Å²) in [5.74, 6) is 0. The van der Waals surface area contributed by atoms with Gasteiger partial charge in [-0.2, -0.15) is 0 Å². The molecule has 0 fully saturated rings. The summed E-state index contributed by atoms with van der Waals surface area (Å²) in [7, 11) is 0.